The molecule has 0 aliphatic heterocycles. The molecule has 1 aliphatic rings. The minimum absolute atomic E-state index is 1.24. The van der Waals surface area contributed by atoms with Crippen LogP contribution in [0.1, 0.15) is 0 Å². The molecule has 1 aliphatic carbocycles. The van der Waals surface area contributed by atoms with Crippen LogP contribution < -0.4 is 0 Å². The second kappa shape index (κ2) is 8.52. The maximum atomic E-state index is 2.27. The number of hydrogen-bond donors (Lipinski definition) is 0. The third-order valence-corrected chi connectivity index (χ3v) is 7.22. The summed E-state index contributed by atoms with van der Waals surface area (Å²) in [6.45, 7) is 0. The van der Waals surface area contributed by atoms with Crippen LogP contribution in [-0.2, 0) is 0 Å². The molecule has 6 aromatic carbocycles. The highest BCUT2D eigenvalue weighted by Crippen LogP contribution is 2.61. The van der Waals surface area contributed by atoms with E-state index in [1.54, 1.807) is 0 Å². The van der Waals surface area contributed by atoms with Crippen molar-refractivity contribution in [3.63, 3.8) is 0 Å². The lowest BCUT2D eigenvalue weighted by molar-refractivity contribution is 1.48. The Hall–Kier alpha value is -4.68. The molecule has 6 aromatic rings. The van der Waals surface area contributed by atoms with Crippen molar-refractivity contribution in [2.45, 2.75) is 0 Å². The molecule has 0 fully saturated rings. The van der Waals surface area contributed by atoms with E-state index >= 15 is 0 Å². The zero-order valence-corrected chi connectivity index (χ0v) is 19.9. The van der Waals surface area contributed by atoms with Gasteiger partial charge in [-0.1, -0.05) is 146 Å². The molecule has 0 aromatic heterocycles. The van der Waals surface area contributed by atoms with Crippen LogP contribution in [0, 0.1) is 0 Å². The van der Waals surface area contributed by atoms with Gasteiger partial charge in [0.15, 0.2) is 0 Å². The van der Waals surface area contributed by atoms with Gasteiger partial charge >= 0.3 is 0 Å². The van der Waals surface area contributed by atoms with Gasteiger partial charge in [-0.05, 0) is 66.8 Å². The minimum atomic E-state index is 1.24. The van der Waals surface area contributed by atoms with Gasteiger partial charge in [-0.15, -0.1) is 0 Å². The molecule has 168 valence electrons. The molecule has 7 rings (SSSR count). The summed E-state index contributed by atoms with van der Waals surface area (Å²) in [5.41, 5.74) is 15.6. The molecule has 0 unspecified atom stereocenters. The molecule has 0 N–H and O–H groups in total. The maximum Gasteiger partial charge on any atom is -0.000741 e. The molecule has 0 nitrogen and oxygen atoms in total. The lowest BCUT2D eigenvalue weighted by Crippen LogP contribution is -2.08. The second-order valence-corrected chi connectivity index (χ2v) is 9.26. The topological polar surface area (TPSA) is 0 Å². The first kappa shape index (κ1) is 20.7. The van der Waals surface area contributed by atoms with E-state index in [9.17, 15) is 0 Å². The second-order valence-electron chi connectivity index (χ2n) is 9.26. The molecule has 0 saturated heterocycles. The smallest absolute Gasteiger partial charge is 0.000741 e. The van der Waals surface area contributed by atoms with E-state index < -0.39 is 0 Å². The van der Waals surface area contributed by atoms with Crippen molar-refractivity contribution in [1.82, 2.24) is 0 Å². The van der Waals surface area contributed by atoms with Crippen molar-refractivity contribution >= 4 is 0 Å². The minimum Gasteiger partial charge on any atom is -0.0622 e. The molecule has 0 atom stereocenters. The van der Waals surface area contributed by atoms with Gasteiger partial charge in [0.05, 0.1) is 0 Å². The van der Waals surface area contributed by atoms with E-state index in [1.807, 2.05) is 0 Å². The average molecular weight is 457 g/mol. The van der Waals surface area contributed by atoms with Gasteiger partial charge in [0.1, 0.15) is 0 Å². The van der Waals surface area contributed by atoms with Crippen molar-refractivity contribution in [1.29, 1.82) is 0 Å². The Labute approximate surface area is 212 Å². The third-order valence-electron chi connectivity index (χ3n) is 7.22. The van der Waals surface area contributed by atoms with Gasteiger partial charge in [-0.25, -0.2) is 0 Å². The number of benzene rings is 6. The monoisotopic (exact) mass is 456 g/mol. The third kappa shape index (κ3) is 3.16. The van der Waals surface area contributed by atoms with Crippen molar-refractivity contribution in [2.75, 3.05) is 0 Å². The van der Waals surface area contributed by atoms with Gasteiger partial charge in [-0.3, -0.25) is 0 Å². The summed E-state index contributed by atoms with van der Waals surface area (Å²) in [5.74, 6) is 0. The highest BCUT2D eigenvalue weighted by molar-refractivity contribution is 6.22. The average Bonchev–Trinajstić information content (AvgIpc) is 2.96. The Morgan fingerprint density at radius 2 is 0.417 bits per heavy atom. The molecule has 0 radical (unpaired) electrons. The summed E-state index contributed by atoms with van der Waals surface area (Å²) in [6, 6.07) is 52.4. The molecule has 36 heavy (non-hydrogen) atoms. The van der Waals surface area contributed by atoms with E-state index in [0.29, 0.717) is 0 Å². The predicted molar refractivity (Wildman–Crippen MR) is 153 cm³/mol. The molecule has 0 bridgehead atoms. The Bertz CT molecular complexity index is 1550. The highest BCUT2D eigenvalue weighted by Gasteiger charge is 2.34. The van der Waals surface area contributed by atoms with Crippen molar-refractivity contribution in [3.05, 3.63) is 146 Å². The van der Waals surface area contributed by atoms with E-state index in [4.69, 9.17) is 0 Å². The normalized spacial score (nSPS) is 11.3. The standard InChI is InChI=1S/C36H24/c1-5-15-25(16-6-1)31-32(26-17-7-2-8-18-26)34(28-21-11-4-12-22-28)36-30-24-14-13-23-29(30)35(36)33(31)27-19-9-3-10-20-27/h1-24H. The summed E-state index contributed by atoms with van der Waals surface area (Å²) < 4.78 is 0. The lowest BCUT2D eigenvalue weighted by Gasteiger charge is -2.34. The number of rotatable bonds is 4. The highest BCUT2D eigenvalue weighted by atomic mass is 14.4. The first-order valence-electron chi connectivity index (χ1n) is 12.5. The van der Waals surface area contributed by atoms with Crippen LogP contribution in [0.3, 0.4) is 0 Å². The molecular weight excluding hydrogens is 432 g/mol. The van der Waals surface area contributed by atoms with Crippen LogP contribution in [-0.4, -0.2) is 0 Å². The first-order chi connectivity index (χ1) is 17.9. The molecule has 0 heteroatoms. The molecule has 0 amide bonds. The van der Waals surface area contributed by atoms with Gasteiger partial charge in [0, 0.05) is 0 Å². The number of fused-ring (bicyclic) bond motifs is 4. The summed E-state index contributed by atoms with van der Waals surface area (Å²) in [6.07, 6.45) is 0. The fourth-order valence-electron chi connectivity index (χ4n) is 5.72. The van der Waals surface area contributed by atoms with E-state index in [-0.39, 0.29) is 0 Å². The van der Waals surface area contributed by atoms with E-state index in [2.05, 4.69) is 146 Å². The van der Waals surface area contributed by atoms with Crippen molar-refractivity contribution < 1.29 is 0 Å². The maximum absolute atomic E-state index is 2.27. The number of hydrogen-bond acceptors (Lipinski definition) is 0. The fourth-order valence-corrected chi connectivity index (χ4v) is 5.72. The Kier molecular flexibility index (Phi) is 4.89. The molecule has 0 saturated carbocycles. The van der Waals surface area contributed by atoms with Gasteiger partial charge in [0.25, 0.3) is 0 Å². The first-order valence-corrected chi connectivity index (χ1v) is 12.5. The fraction of sp³-hybridized carbons (Fsp3) is 0. The lowest BCUT2D eigenvalue weighted by atomic mass is 9.68. The SMILES string of the molecule is c1ccc(-c2c(-c3ccccc3)c(-c3ccccc3)c3c(c2-c2ccccc2)-c2ccccc2-3)cc1. The van der Waals surface area contributed by atoms with Crippen LogP contribution in [0.15, 0.2) is 146 Å². The van der Waals surface area contributed by atoms with Crippen LogP contribution in [0.25, 0.3) is 66.8 Å². The summed E-state index contributed by atoms with van der Waals surface area (Å²) in [4.78, 5) is 0. The predicted octanol–water partition coefficient (Wildman–Crippen LogP) is 10.0. The van der Waals surface area contributed by atoms with Crippen LogP contribution in [0.4, 0.5) is 0 Å². The van der Waals surface area contributed by atoms with Crippen LogP contribution >= 0.6 is 0 Å². The Morgan fingerprint density at radius 3 is 0.694 bits per heavy atom. The Balaban J connectivity index is 1.74. The van der Waals surface area contributed by atoms with Crippen LogP contribution in [0.5, 0.6) is 0 Å². The molecule has 0 spiro atoms. The Morgan fingerprint density at radius 1 is 0.194 bits per heavy atom. The zero-order valence-electron chi connectivity index (χ0n) is 19.9. The van der Waals surface area contributed by atoms with Gasteiger partial charge in [-0.2, -0.15) is 0 Å². The van der Waals surface area contributed by atoms with Crippen molar-refractivity contribution in [3.8, 4) is 66.8 Å². The van der Waals surface area contributed by atoms with E-state index in [1.165, 1.54) is 66.8 Å². The van der Waals surface area contributed by atoms with E-state index in [0.717, 1.165) is 0 Å². The quantitative estimate of drug-likeness (QED) is 0.247. The molecular formula is C36H24. The summed E-state index contributed by atoms with van der Waals surface area (Å²) in [7, 11) is 0. The van der Waals surface area contributed by atoms with Crippen molar-refractivity contribution in [2.24, 2.45) is 0 Å². The van der Waals surface area contributed by atoms with Gasteiger partial charge in [0.2, 0.25) is 0 Å². The molecule has 0 heterocycles. The summed E-state index contributed by atoms with van der Waals surface area (Å²) in [5, 5.41) is 0. The zero-order chi connectivity index (χ0) is 23.9. The van der Waals surface area contributed by atoms with Crippen LogP contribution in [0.2, 0.25) is 0 Å². The van der Waals surface area contributed by atoms with Gasteiger partial charge < -0.3 is 0 Å². The largest absolute Gasteiger partial charge is 0.0622 e. The summed E-state index contributed by atoms with van der Waals surface area (Å²) >= 11 is 0.